The molecular formula is C8H17NO3. The summed E-state index contributed by atoms with van der Waals surface area (Å²) in [6.45, 7) is 6.91. The molecule has 12 heavy (non-hydrogen) atoms. The van der Waals surface area contributed by atoms with Gasteiger partial charge in [-0.1, -0.05) is 13.8 Å². The Labute approximate surface area is 73.3 Å². The Morgan fingerprint density at radius 3 is 2.00 bits per heavy atom. The molecule has 1 unspecified atom stereocenters. The summed E-state index contributed by atoms with van der Waals surface area (Å²) in [5, 5.41) is 2.38. The topological polar surface area (TPSA) is 55.4 Å². The van der Waals surface area contributed by atoms with Gasteiger partial charge in [-0.25, -0.2) is 4.79 Å². The Morgan fingerprint density at radius 1 is 1.33 bits per heavy atom. The molecular weight excluding hydrogens is 158 g/mol. The molecule has 0 aromatic carbocycles. The molecule has 0 aromatic heterocycles. The molecule has 1 amide bonds. The van der Waals surface area contributed by atoms with Gasteiger partial charge in [-0.05, 0) is 6.92 Å². The van der Waals surface area contributed by atoms with Gasteiger partial charge in [0, 0.05) is 6.92 Å². The standard InChI is InChI=1S/C6H11NO3.C2H6/c1-4(6(9)10-3)7-5(2)8;1-2/h4H,1-3H3,(H,7,8);1-2H3. The molecule has 1 N–H and O–H groups in total. The summed E-state index contributed by atoms with van der Waals surface area (Å²) in [5.41, 5.74) is 0. The van der Waals surface area contributed by atoms with Crippen LogP contribution in [-0.2, 0) is 14.3 Å². The van der Waals surface area contributed by atoms with Crippen LogP contribution in [0.1, 0.15) is 27.7 Å². The molecule has 1 atom stereocenters. The van der Waals surface area contributed by atoms with E-state index >= 15 is 0 Å². The van der Waals surface area contributed by atoms with E-state index in [1.54, 1.807) is 6.92 Å². The molecule has 0 spiro atoms. The molecule has 0 saturated heterocycles. The summed E-state index contributed by atoms with van der Waals surface area (Å²) in [4.78, 5) is 21.0. The average molecular weight is 175 g/mol. The molecule has 0 heterocycles. The Balaban J connectivity index is 0. The second kappa shape index (κ2) is 8.04. The zero-order valence-electron chi connectivity index (χ0n) is 8.30. The van der Waals surface area contributed by atoms with Gasteiger partial charge in [-0.3, -0.25) is 4.79 Å². The van der Waals surface area contributed by atoms with Crippen LogP contribution in [0.2, 0.25) is 0 Å². The molecule has 0 saturated carbocycles. The highest BCUT2D eigenvalue weighted by Crippen LogP contribution is 1.84. The molecule has 0 rings (SSSR count). The lowest BCUT2D eigenvalue weighted by molar-refractivity contribution is -0.144. The first-order chi connectivity index (χ1) is 5.57. The van der Waals surface area contributed by atoms with Gasteiger partial charge >= 0.3 is 5.97 Å². The van der Waals surface area contributed by atoms with Crippen LogP contribution in [0.4, 0.5) is 0 Å². The number of carbonyl (C=O) groups excluding carboxylic acids is 2. The van der Waals surface area contributed by atoms with Crippen molar-refractivity contribution >= 4 is 11.9 Å². The molecule has 0 aliphatic rings. The first kappa shape index (κ1) is 13.5. The van der Waals surface area contributed by atoms with Crippen molar-refractivity contribution in [1.82, 2.24) is 5.32 Å². The van der Waals surface area contributed by atoms with Gasteiger partial charge in [0.15, 0.2) is 0 Å². The zero-order chi connectivity index (χ0) is 10.1. The normalized spacial score (nSPS) is 10.4. The van der Waals surface area contributed by atoms with Crippen LogP contribution in [0.5, 0.6) is 0 Å². The summed E-state index contributed by atoms with van der Waals surface area (Å²) in [5.74, 6) is -0.673. The Morgan fingerprint density at radius 2 is 1.75 bits per heavy atom. The molecule has 0 aliphatic heterocycles. The van der Waals surface area contributed by atoms with E-state index in [-0.39, 0.29) is 5.91 Å². The highest BCUT2D eigenvalue weighted by atomic mass is 16.5. The first-order valence-corrected chi connectivity index (χ1v) is 3.93. The van der Waals surface area contributed by atoms with Gasteiger partial charge in [0.05, 0.1) is 7.11 Å². The third kappa shape index (κ3) is 7.05. The van der Waals surface area contributed by atoms with Crippen molar-refractivity contribution in [3.05, 3.63) is 0 Å². The third-order valence-electron chi connectivity index (χ3n) is 0.975. The molecule has 4 heteroatoms. The van der Waals surface area contributed by atoms with Crippen molar-refractivity contribution in [2.45, 2.75) is 33.7 Å². The zero-order valence-corrected chi connectivity index (χ0v) is 8.30. The smallest absolute Gasteiger partial charge is 0.328 e. The molecule has 4 nitrogen and oxygen atoms in total. The fourth-order valence-corrected chi connectivity index (χ4v) is 0.541. The number of esters is 1. The van der Waals surface area contributed by atoms with Crippen LogP contribution in [-0.4, -0.2) is 25.0 Å². The average Bonchev–Trinajstić information content (AvgIpc) is 2.05. The molecule has 72 valence electrons. The van der Waals surface area contributed by atoms with Crippen molar-refractivity contribution in [2.24, 2.45) is 0 Å². The number of methoxy groups -OCH3 is 1. The van der Waals surface area contributed by atoms with E-state index in [2.05, 4.69) is 10.1 Å². The Bertz CT molecular complexity index is 145. The van der Waals surface area contributed by atoms with Gasteiger partial charge in [-0.2, -0.15) is 0 Å². The van der Waals surface area contributed by atoms with Crippen LogP contribution in [0, 0.1) is 0 Å². The van der Waals surface area contributed by atoms with Gasteiger partial charge in [0.2, 0.25) is 5.91 Å². The predicted molar refractivity (Wildman–Crippen MR) is 46.6 cm³/mol. The summed E-state index contributed by atoms with van der Waals surface area (Å²) < 4.78 is 4.36. The van der Waals surface area contributed by atoms with Crippen molar-refractivity contribution in [3.63, 3.8) is 0 Å². The second-order valence-corrected chi connectivity index (χ2v) is 1.95. The highest BCUT2D eigenvalue weighted by molar-refractivity contribution is 5.82. The minimum atomic E-state index is -0.553. The number of nitrogens with one attached hydrogen (secondary N) is 1. The van der Waals surface area contributed by atoms with Gasteiger partial charge in [-0.15, -0.1) is 0 Å². The molecule has 0 fully saturated rings. The van der Waals surface area contributed by atoms with E-state index in [4.69, 9.17) is 0 Å². The van der Waals surface area contributed by atoms with Crippen molar-refractivity contribution in [3.8, 4) is 0 Å². The highest BCUT2D eigenvalue weighted by Gasteiger charge is 2.12. The lowest BCUT2D eigenvalue weighted by Crippen LogP contribution is -2.37. The van der Waals surface area contributed by atoms with E-state index in [9.17, 15) is 9.59 Å². The maximum Gasteiger partial charge on any atom is 0.328 e. The number of rotatable bonds is 2. The number of amides is 1. The number of carbonyl (C=O) groups is 2. The minimum Gasteiger partial charge on any atom is -0.467 e. The first-order valence-electron chi connectivity index (χ1n) is 3.93. The SMILES string of the molecule is CC.COC(=O)C(C)NC(C)=O. The van der Waals surface area contributed by atoms with Crippen molar-refractivity contribution in [2.75, 3.05) is 7.11 Å². The van der Waals surface area contributed by atoms with Crippen LogP contribution in [0.3, 0.4) is 0 Å². The maximum absolute atomic E-state index is 10.6. The van der Waals surface area contributed by atoms with Crippen LogP contribution in [0.25, 0.3) is 0 Å². The second-order valence-electron chi connectivity index (χ2n) is 1.95. The quantitative estimate of drug-likeness (QED) is 0.629. The maximum atomic E-state index is 10.6. The fourth-order valence-electron chi connectivity index (χ4n) is 0.541. The lowest BCUT2D eigenvalue weighted by Gasteiger charge is -2.08. The van der Waals surface area contributed by atoms with Crippen LogP contribution in [0.15, 0.2) is 0 Å². The van der Waals surface area contributed by atoms with Crippen LogP contribution >= 0.6 is 0 Å². The fraction of sp³-hybridized carbons (Fsp3) is 0.750. The number of hydrogen-bond donors (Lipinski definition) is 1. The van der Waals surface area contributed by atoms with E-state index in [1.165, 1.54) is 14.0 Å². The van der Waals surface area contributed by atoms with E-state index in [0.717, 1.165) is 0 Å². The van der Waals surface area contributed by atoms with Gasteiger partial charge in [0.1, 0.15) is 6.04 Å². The summed E-state index contributed by atoms with van der Waals surface area (Å²) in [6.07, 6.45) is 0. The molecule has 0 radical (unpaired) electrons. The molecule has 0 bridgehead atoms. The summed E-state index contributed by atoms with van der Waals surface area (Å²) in [6, 6.07) is -0.553. The molecule has 0 aromatic rings. The summed E-state index contributed by atoms with van der Waals surface area (Å²) >= 11 is 0. The van der Waals surface area contributed by atoms with Gasteiger partial charge < -0.3 is 10.1 Å². The minimum absolute atomic E-state index is 0.238. The van der Waals surface area contributed by atoms with Crippen molar-refractivity contribution in [1.29, 1.82) is 0 Å². The predicted octanol–water partition coefficient (Wildman–Crippen LogP) is 0.710. The Kier molecular flexibility index (Phi) is 9.06. The lowest BCUT2D eigenvalue weighted by atomic mass is 10.3. The van der Waals surface area contributed by atoms with E-state index in [1.807, 2.05) is 13.8 Å². The summed E-state index contributed by atoms with van der Waals surface area (Å²) in [7, 11) is 1.28. The van der Waals surface area contributed by atoms with E-state index < -0.39 is 12.0 Å². The Hall–Kier alpha value is -1.06. The number of ether oxygens (including phenoxy) is 1. The van der Waals surface area contributed by atoms with E-state index in [0.29, 0.717) is 0 Å². The van der Waals surface area contributed by atoms with Crippen LogP contribution < -0.4 is 5.32 Å². The molecule has 0 aliphatic carbocycles. The number of hydrogen-bond acceptors (Lipinski definition) is 3. The van der Waals surface area contributed by atoms with Crippen molar-refractivity contribution < 1.29 is 14.3 Å². The largest absolute Gasteiger partial charge is 0.467 e. The van der Waals surface area contributed by atoms with Gasteiger partial charge in [0.25, 0.3) is 0 Å². The third-order valence-corrected chi connectivity index (χ3v) is 0.975. The monoisotopic (exact) mass is 175 g/mol.